The van der Waals surface area contributed by atoms with Crippen molar-refractivity contribution in [2.75, 3.05) is 27.2 Å². The molecule has 0 aliphatic carbocycles. The lowest BCUT2D eigenvalue weighted by molar-refractivity contribution is -0.128. The molecule has 0 aromatic rings. The van der Waals surface area contributed by atoms with Crippen molar-refractivity contribution in [2.45, 2.75) is 32.7 Å². The summed E-state index contributed by atoms with van der Waals surface area (Å²) in [5, 5.41) is 11.8. The molecule has 0 saturated carbocycles. The van der Waals surface area contributed by atoms with E-state index in [1.807, 2.05) is 19.0 Å². The molecule has 5 nitrogen and oxygen atoms in total. The zero-order valence-electron chi connectivity index (χ0n) is 11.5. The van der Waals surface area contributed by atoms with Gasteiger partial charge in [0.2, 0.25) is 5.91 Å². The van der Waals surface area contributed by atoms with Crippen molar-refractivity contribution >= 4 is 5.91 Å². The van der Waals surface area contributed by atoms with Gasteiger partial charge in [-0.15, -0.1) is 0 Å². The van der Waals surface area contributed by atoms with Crippen molar-refractivity contribution < 1.29 is 4.79 Å². The van der Waals surface area contributed by atoms with Gasteiger partial charge in [-0.25, -0.2) is 0 Å². The number of hydrogen-bond acceptors (Lipinski definition) is 4. The Bertz CT molecular complexity index is 302. The lowest BCUT2D eigenvalue weighted by atomic mass is 9.74. The summed E-state index contributed by atoms with van der Waals surface area (Å²) in [6, 6.07) is 2.08. The van der Waals surface area contributed by atoms with Crippen LogP contribution < -0.4 is 11.1 Å². The van der Waals surface area contributed by atoms with Crippen LogP contribution in [0.4, 0.5) is 0 Å². The Morgan fingerprint density at radius 1 is 1.41 bits per heavy atom. The molecule has 0 aliphatic rings. The fourth-order valence-corrected chi connectivity index (χ4v) is 1.18. The van der Waals surface area contributed by atoms with Gasteiger partial charge in [-0.05, 0) is 47.8 Å². The Labute approximate surface area is 104 Å². The summed E-state index contributed by atoms with van der Waals surface area (Å²) in [6.45, 7) is 6.42. The summed E-state index contributed by atoms with van der Waals surface area (Å²) in [5.41, 5.74) is 3.87. The van der Waals surface area contributed by atoms with Crippen LogP contribution in [0.15, 0.2) is 0 Å². The first-order valence-electron chi connectivity index (χ1n) is 5.78. The molecule has 98 valence electrons. The number of carbonyl (C=O) groups is 1. The van der Waals surface area contributed by atoms with Gasteiger partial charge in [0.05, 0.1) is 11.5 Å². The molecule has 0 bridgehead atoms. The maximum Gasteiger partial charge on any atom is 0.241 e. The molecule has 0 rings (SSSR count). The third kappa shape index (κ3) is 4.33. The van der Waals surface area contributed by atoms with Gasteiger partial charge < -0.3 is 16.0 Å². The normalized spacial score (nSPS) is 15.2. The Kier molecular flexibility index (Phi) is 5.59. The summed E-state index contributed by atoms with van der Waals surface area (Å²) >= 11 is 0. The monoisotopic (exact) mass is 240 g/mol. The first-order chi connectivity index (χ1) is 7.65. The van der Waals surface area contributed by atoms with Crippen molar-refractivity contribution in [2.24, 2.45) is 11.1 Å². The van der Waals surface area contributed by atoms with Crippen molar-refractivity contribution in [3.63, 3.8) is 0 Å². The van der Waals surface area contributed by atoms with Gasteiger partial charge in [-0.2, -0.15) is 5.26 Å². The highest BCUT2D eigenvalue weighted by Crippen LogP contribution is 2.27. The number of hydrogen-bond donors (Lipinski definition) is 2. The minimum Gasteiger partial charge on any atom is -0.354 e. The van der Waals surface area contributed by atoms with Gasteiger partial charge in [0.25, 0.3) is 0 Å². The lowest BCUT2D eigenvalue weighted by Gasteiger charge is -2.34. The number of rotatable bonds is 6. The summed E-state index contributed by atoms with van der Waals surface area (Å²) in [4.78, 5) is 14.0. The van der Waals surface area contributed by atoms with Gasteiger partial charge in [-0.1, -0.05) is 0 Å². The van der Waals surface area contributed by atoms with Crippen LogP contribution in [-0.4, -0.2) is 43.5 Å². The van der Waals surface area contributed by atoms with Gasteiger partial charge in [0.1, 0.15) is 5.54 Å². The van der Waals surface area contributed by atoms with E-state index >= 15 is 0 Å². The van der Waals surface area contributed by atoms with Crippen LogP contribution in [0.5, 0.6) is 0 Å². The van der Waals surface area contributed by atoms with Gasteiger partial charge >= 0.3 is 0 Å². The molecule has 0 aliphatic heterocycles. The molecular formula is C12H24N4O. The highest BCUT2D eigenvalue weighted by atomic mass is 16.2. The Morgan fingerprint density at radius 3 is 2.35 bits per heavy atom. The molecule has 1 unspecified atom stereocenters. The Balaban J connectivity index is 4.28. The fourth-order valence-electron chi connectivity index (χ4n) is 1.18. The molecule has 0 saturated heterocycles. The molecule has 0 fully saturated rings. The maximum absolute atomic E-state index is 11.9. The molecule has 3 N–H and O–H groups in total. The second-order valence-corrected chi connectivity index (χ2v) is 5.35. The first kappa shape index (κ1) is 15.9. The zero-order chi connectivity index (χ0) is 13.7. The van der Waals surface area contributed by atoms with E-state index in [1.54, 1.807) is 20.8 Å². The molecule has 1 amide bonds. The number of nitrogens with zero attached hydrogens (tertiary/aromatic N) is 2. The molecule has 0 heterocycles. The van der Waals surface area contributed by atoms with Gasteiger partial charge in [0.15, 0.2) is 0 Å². The first-order valence-corrected chi connectivity index (χ1v) is 5.78. The summed E-state index contributed by atoms with van der Waals surface area (Å²) in [7, 11) is 3.96. The zero-order valence-corrected chi connectivity index (χ0v) is 11.5. The smallest absolute Gasteiger partial charge is 0.241 e. The highest BCUT2D eigenvalue weighted by molar-refractivity contribution is 5.87. The van der Waals surface area contributed by atoms with Crippen LogP contribution in [0, 0.1) is 16.7 Å². The quantitative estimate of drug-likeness (QED) is 0.655. The predicted octanol–water partition coefficient (Wildman–Crippen LogP) is 0.321. The van der Waals surface area contributed by atoms with Crippen molar-refractivity contribution in [3.05, 3.63) is 0 Å². The van der Waals surface area contributed by atoms with Crippen molar-refractivity contribution in [1.82, 2.24) is 10.2 Å². The molecular weight excluding hydrogens is 216 g/mol. The third-order valence-corrected chi connectivity index (χ3v) is 3.12. The van der Waals surface area contributed by atoms with E-state index < -0.39 is 11.0 Å². The van der Waals surface area contributed by atoms with Gasteiger partial charge in [0, 0.05) is 6.54 Å². The molecule has 17 heavy (non-hydrogen) atoms. The van der Waals surface area contributed by atoms with Crippen LogP contribution in [0.1, 0.15) is 27.2 Å². The van der Waals surface area contributed by atoms with Crippen LogP contribution in [0.3, 0.4) is 0 Å². The molecule has 0 aromatic carbocycles. The second kappa shape index (κ2) is 5.99. The fraction of sp³-hybridized carbons (Fsp3) is 0.833. The summed E-state index contributed by atoms with van der Waals surface area (Å²) in [5.74, 6) is -0.275. The topological polar surface area (TPSA) is 82.2 Å². The number of nitrogens with one attached hydrogen (secondary N) is 1. The molecule has 0 spiro atoms. The van der Waals surface area contributed by atoms with Crippen molar-refractivity contribution in [3.8, 4) is 6.07 Å². The van der Waals surface area contributed by atoms with E-state index in [2.05, 4.69) is 11.4 Å². The van der Waals surface area contributed by atoms with E-state index in [0.29, 0.717) is 6.54 Å². The van der Waals surface area contributed by atoms with Crippen LogP contribution in [-0.2, 0) is 4.79 Å². The molecule has 0 radical (unpaired) electrons. The van der Waals surface area contributed by atoms with Crippen LogP contribution >= 0.6 is 0 Å². The van der Waals surface area contributed by atoms with E-state index in [1.165, 1.54) is 0 Å². The van der Waals surface area contributed by atoms with E-state index in [9.17, 15) is 4.79 Å². The SMILES string of the molecule is CN(C)CCCNC(=O)C(C)(N)C(C)(C)C#N. The maximum atomic E-state index is 11.9. The summed E-state index contributed by atoms with van der Waals surface area (Å²) < 4.78 is 0. The Morgan fingerprint density at radius 2 is 1.94 bits per heavy atom. The van der Waals surface area contributed by atoms with E-state index in [0.717, 1.165) is 13.0 Å². The summed E-state index contributed by atoms with van der Waals surface area (Å²) in [6.07, 6.45) is 0.863. The molecule has 1 atom stereocenters. The third-order valence-electron chi connectivity index (χ3n) is 3.12. The second-order valence-electron chi connectivity index (χ2n) is 5.35. The minimum atomic E-state index is -1.18. The average molecular weight is 240 g/mol. The standard InChI is InChI=1S/C12H24N4O/c1-11(2,9-13)12(3,14)10(17)15-7-6-8-16(4)5/h6-8,14H2,1-5H3,(H,15,17). The number of nitriles is 1. The number of nitrogens with two attached hydrogens (primary N) is 1. The largest absolute Gasteiger partial charge is 0.354 e. The van der Waals surface area contributed by atoms with E-state index in [4.69, 9.17) is 11.0 Å². The lowest BCUT2D eigenvalue weighted by Crippen LogP contribution is -2.60. The Hall–Kier alpha value is -1.12. The molecule has 5 heteroatoms. The minimum absolute atomic E-state index is 0.275. The van der Waals surface area contributed by atoms with Crippen molar-refractivity contribution in [1.29, 1.82) is 5.26 Å². The highest BCUT2D eigenvalue weighted by Gasteiger charge is 2.44. The number of amides is 1. The van der Waals surface area contributed by atoms with E-state index in [-0.39, 0.29) is 5.91 Å². The molecule has 0 aromatic heterocycles. The van der Waals surface area contributed by atoms with Crippen LogP contribution in [0.2, 0.25) is 0 Å². The van der Waals surface area contributed by atoms with Crippen LogP contribution in [0.25, 0.3) is 0 Å². The van der Waals surface area contributed by atoms with Gasteiger partial charge in [-0.3, -0.25) is 4.79 Å². The predicted molar refractivity (Wildman–Crippen MR) is 68.2 cm³/mol. The average Bonchev–Trinajstić information content (AvgIpc) is 2.23. The number of carbonyl (C=O) groups excluding carboxylic acids is 1.